The molecule has 27 heavy (non-hydrogen) atoms. The van der Waals surface area contributed by atoms with Crippen LogP contribution in [0.3, 0.4) is 0 Å². The Hall–Kier alpha value is -1.64. The number of aryl methyl sites for hydroxylation is 1. The maximum Gasteiger partial charge on any atom is 0.220 e. The lowest BCUT2D eigenvalue weighted by atomic mass is 10.0. The minimum absolute atomic E-state index is 0.0773. The molecule has 7 nitrogen and oxygen atoms in total. The van der Waals surface area contributed by atoms with Gasteiger partial charge < -0.3 is 15.0 Å². The second-order valence-corrected chi connectivity index (χ2v) is 9.51. The molecular formula is C19H29N3O4S. The van der Waals surface area contributed by atoms with Gasteiger partial charge in [0.25, 0.3) is 0 Å². The van der Waals surface area contributed by atoms with Crippen LogP contribution in [0.25, 0.3) is 0 Å². The Kier molecular flexibility index (Phi) is 6.39. The van der Waals surface area contributed by atoms with Crippen molar-refractivity contribution in [2.75, 3.05) is 39.5 Å². The first kappa shape index (κ1) is 20.1. The number of rotatable bonds is 5. The van der Waals surface area contributed by atoms with Crippen LogP contribution in [-0.2, 0) is 27.8 Å². The van der Waals surface area contributed by atoms with Crippen molar-refractivity contribution in [1.82, 2.24) is 14.5 Å². The van der Waals surface area contributed by atoms with E-state index in [1.165, 1.54) is 10.6 Å². The Balaban J connectivity index is 1.57. The summed E-state index contributed by atoms with van der Waals surface area (Å²) in [4.78, 5) is 14.5. The van der Waals surface area contributed by atoms with Crippen LogP contribution in [0.15, 0.2) is 18.2 Å². The number of fused-ring (bicyclic) bond motifs is 1. The van der Waals surface area contributed by atoms with Gasteiger partial charge in [-0.1, -0.05) is 12.1 Å². The number of carbonyl (C=O) groups is 1. The van der Waals surface area contributed by atoms with Gasteiger partial charge >= 0.3 is 0 Å². The molecule has 2 aliphatic rings. The Bertz CT molecular complexity index is 773. The van der Waals surface area contributed by atoms with Gasteiger partial charge in [-0.05, 0) is 51.0 Å². The van der Waals surface area contributed by atoms with Gasteiger partial charge in [0.2, 0.25) is 15.9 Å². The van der Waals surface area contributed by atoms with Crippen molar-refractivity contribution in [2.24, 2.45) is 0 Å². The van der Waals surface area contributed by atoms with Gasteiger partial charge in [-0.2, -0.15) is 4.31 Å². The predicted octanol–water partition coefficient (Wildman–Crippen LogP) is 0.984. The number of likely N-dealkylation sites (tertiary alicyclic amines) is 1. The monoisotopic (exact) mass is 395 g/mol. The fourth-order valence-electron chi connectivity index (χ4n) is 3.57. The van der Waals surface area contributed by atoms with Crippen LogP contribution in [0.4, 0.5) is 0 Å². The zero-order valence-corrected chi connectivity index (χ0v) is 16.9. The molecule has 1 aromatic carbocycles. The van der Waals surface area contributed by atoms with Crippen molar-refractivity contribution in [3.63, 3.8) is 0 Å². The predicted molar refractivity (Wildman–Crippen MR) is 104 cm³/mol. The molecule has 0 unspecified atom stereocenters. The number of nitrogens with zero attached hydrogens (tertiary/aromatic N) is 2. The molecule has 0 spiro atoms. The highest BCUT2D eigenvalue weighted by molar-refractivity contribution is 7.88. The molecule has 3 rings (SSSR count). The number of sulfonamides is 1. The van der Waals surface area contributed by atoms with E-state index in [1.54, 1.807) is 0 Å². The van der Waals surface area contributed by atoms with E-state index in [4.69, 9.17) is 4.74 Å². The first-order chi connectivity index (χ1) is 12.8. The van der Waals surface area contributed by atoms with Gasteiger partial charge in [0.1, 0.15) is 12.4 Å². The van der Waals surface area contributed by atoms with Crippen molar-refractivity contribution in [3.8, 4) is 5.75 Å². The SMILES string of the molecule is CN1CCC(NC(=O)CCc2ccc3c(c2)CN(S(C)(=O)=O)CCO3)CC1. The second-order valence-electron chi connectivity index (χ2n) is 7.53. The summed E-state index contributed by atoms with van der Waals surface area (Å²) < 4.78 is 30.8. The first-order valence-electron chi connectivity index (χ1n) is 9.49. The molecule has 8 heteroatoms. The lowest BCUT2D eigenvalue weighted by molar-refractivity contribution is -0.122. The molecular weight excluding hydrogens is 366 g/mol. The van der Waals surface area contributed by atoms with Crippen molar-refractivity contribution in [1.29, 1.82) is 0 Å². The number of amides is 1. The number of benzene rings is 1. The highest BCUT2D eigenvalue weighted by Gasteiger charge is 2.23. The molecule has 0 radical (unpaired) electrons. The molecule has 1 N–H and O–H groups in total. The number of carbonyl (C=O) groups excluding carboxylic acids is 1. The number of nitrogens with one attached hydrogen (secondary N) is 1. The van der Waals surface area contributed by atoms with Gasteiger partial charge in [-0.3, -0.25) is 4.79 Å². The highest BCUT2D eigenvalue weighted by atomic mass is 32.2. The molecule has 1 amide bonds. The molecule has 2 aliphatic heterocycles. The fourth-order valence-corrected chi connectivity index (χ4v) is 4.35. The smallest absolute Gasteiger partial charge is 0.220 e. The average Bonchev–Trinajstić information content (AvgIpc) is 2.84. The van der Waals surface area contributed by atoms with Crippen molar-refractivity contribution in [3.05, 3.63) is 29.3 Å². The number of hydrogen-bond acceptors (Lipinski definition) is 5. The number of ether oxygens (including phenoxy) is 1. The minimum atomic E-state index is -3.27. The summed E-state index contributed by atoms with van der Waals surface area (Å²) >= 11 is 0. The molecule has 0 aliphatic carbocycles. The summed E-state index contributed by atoms with van der Waals surface area (Å²) in [5.41, 5.74) is 1.87. The summed E-state index contributed by atoms with van der Waals surface area (Å²) in [7, 11) is -1.16. The van der Waals surface area contributed by atoms with Gasteiger partial charge in [-0.15, -0.1) is 0 Å². The average molecular weight is 396 g/mol. The van der Waals surface area contributed by atoms with Gasteiger partial charge in [-0.25, -0.2) is 8.42 Å². The number of piperidine rings is 1. The van der Waals surface area contributed by atoms with Crippen LogP contribution in [0.5, 0.6) is 5.75 Å². The van der Waals surface area contributed by atoms with E-state index in [0.29, 0.717) is 32.5 Å². The van der Waals surface area contributed by atoms with Crippen LogP contribution in [0.1, 0.15) is 30.4 Å². The standard InChI is InChI=1S/C19H29N3O4S/c1-21-9-7-17(8-10-21)20-19(23)6-4-15-3-5-18-16(13-15)14-22(11-12-26-18)27(2,24)25/h3,5,13,17H,4,6-12,14H2,1-2H3,(H,20,23). The Morgan fingerprint density at radius 3 is 2.70 bits per heavy atom. The molecule has 1 saturated heterocycles. The van der Waals surface area contributed by atoms with Crippen molar-refractivity contribution < 1.29 is 17.9 Å². The number of hydrogen-bond donors (Lipinski definition) is 1. The summed E-state index contributed by atoms with van der Waals surface area (Å²) in [6.45, 7) is 3.04. The van der Waals surface area contributed by atoms with Crippen LogP contribution >= 0.6 is 0 Å². The molecule has 0 atom stereocenters. The van der Waals surface area contributed by atoms with E-state index in [9.17, 15) is 13.2 Å². The zero-order chi connectivity index (χ0) is 19.4. The van der Waals surface area contributed by atoms with Crippen molar-refractivity contribution >= 4 is 15.9 Å². The Labute approximate surface area is 161 Å². The van der Waals surface area contributed by atoms with Gasteiger partial charge in [0, 0.05) is 31.1 Å². The molecule has 2 heterocycles. The summed E-state index contributed by atoms with van der Waals surface area (Å²) in [5, 5.41) is 3.13. The van der Waals surface area contributed by atoms with E-state index in [0.717, 1.165) is 42.8 Å². The molecule has 1 fully saturated rings. The first-order valence-corrected chi connectivity index (χ1v) is 11.3. The zero-order valence-electron chi connectivity index (χ0n) is 16.1. The minimum Gasteiger partial charge on any atom is -0.492 e. The van der Waals surface area contributed by atoms with E-state index < -0.39 is 10.0 Å². The largest absolute Gasteiger partial charge is 0.492 e. The third-order valence-corrected chi connectivity index (χ3v) is 6.51. The fraction of sp³-hybridized carbons (Fsp3) is 0.632. The lowest BCUT2D eigenvalue weighted by Crippen LogP contribution is -2.43. The van der Waals surface area contributed by atoms with Gasteiger partial charge in [0.05, 0.1) is 6.26 Å². The van der Waals surface area contributed by atoms with Gasteiger partial charge in [0.15, 0.2) is 0 Å². The van der Waals surface area contributed by atoms with E-state index in [1.807, 2.05) is 18.2 Å². The normalized spacial score (nSPS) is 19.8. The Morgan fingerprint density at radius 1 is 1.26 bits per heavy atom. The molecule has 1 aromatic rings. The third kappa shape index (κ3) is 5.67. The van der Waals surface area contributed by atoms with E-state index in [2.05, 4.69) is 17.3 Å². The maximum atomic E-state index is 12.3. The second kappa shape index (κ2) is 8.58. The highest BCUT2D eigenvalue weighted by Crippen LogP contribution is 2.26. The van der Waals surface area contributed by atoms with Crippen molar-refractivity contribution in [2.45, 2.75) is 38.3 Å². The summed E-state index contributed by atoms with van der Waals surface area (Å²) in [6.07, 6.45) is 4.28. The van der Waals surface area contributed by atoms with Crippen LogP contribution in [0, 0.1) is 0 Å². The lowest BCUT2D eigenvalue weighted by Gasteiger charge is -2.29. The van der Waals surface area contributed by atoms with E-state index in [-0.39, 0.29) is 11.9 Å². The molecule has 150 valence electrons. The van der Waals surface area contributed by atoms with Crippen LogP contribution in [0.2, 0.25) is 0 Å². The molecule has 0 aromatic heterocycles. The topological polar surface area (TPSA) is 79.0 Å². The molecule has 0 bridgehead atoms. The van der Waals surface area contributed by atoms with Crippen LogP contribution < -0.4 is 10.1 Å². The summed E-state index contributed by atoms with van der Waals surface area (Å²) in [6, 6.07) is 6.07. The summed E-state index contributed by atoms with van der Waals surface area (Å²) in [5.74, 6) is 0.800. The Morgan fingerprint density at radius 2 is 2.00 bits per heavy atom. The van der Waals surface area contributed by atoms with Crippen LogP contribution in [-0.4, -0.2) is 69.1 Å². The van der Waals surface area contributed by atoms with E-state index >= 15 is 0 Å². The maximum absolute atomic E-state index is 12.3. The molecule has 0 saturated carbocycles. The quantitative estimate of drug-likeness (QED) is 0.804. The third-order valence-electron chi connectivity index (χ3n) is 5.26.